The number of anilines is 1. The Kier molecular flexibility index (Phi) is 5.71. The molecule has 0 radical (unpaired) electrons. The summed E-state index contributed by atoms with van der Waals surface area (Å²) in [5, 5.41) is 3.45. The molecule has 0 saturated heterocycles. The molecular weight excluding hydrogens is 352 g/mol. The van der Waals surface area contributed by atoms with Gasteiger partial charge in [-0.3, -0.25) is 4.79 Å². The highest BCUT2D eigenvalue weighted by molar-refractivity contribution is 6.30. The van der Waals surface area contributed by atoms with Crippen LogP contribution in [0.2, 0.25) is 5.02 Å². The largest absolute Gasteiger partial charge is 0.493 e. The average molecular weight is 369 g/mol. The zero-order valence-electron chi connectivity index (χ0n) is 14.1. The molecule has 0 saturated carbocycles. The lowest BCUT2D eigenvalue weighted by Gasteiger charge is -2.10. The predicted molar refractivity (Wildman–Crippen MR) is 101 cm³/mol. The second-order valence-corrected chi connectivity index (χ2v) is 5.93. The number of amides is 1. The number of benzene rings is 2. The van der Waals surface area contributed by atoms with E-state index in [9.17, 15) is 4.79 Å². The molecule has 6 heteroatoms. The highest BCUT2D eigenvalue weighted by Gasteiger charge is 2.07. The fraction of sp³-hybridized carbons (Fsp3) is 0.100. The third-order valence-electron chi connectivity index (χ3n) is 3.58. The van der Waals surface area contributed by atoms with E-state index in [4.69, 9.17) is 21.1 Å². The maximum atomic E-state index is 12.1. The number of carbonyl (C=O) groups excluding carboxylic acids is 1. The van der Waals surface area contributed by atoms with Gasteiger partial charge in [0.1, 0.15) is 0 Å². The quantitative estimate of drug-likeness (QED) is 0.684. The number of pyridine rings is 1. The number of nitrogens with one attached hydrogen (secondary N) is 1. The van der Waals surface area contributed by atoms with Crippen LogP contribution in [0.1, 0.15) is 5.56 Å². The van der Waals surface area contributed by atoms with E-state index >= 15 is 0 Å². The molecule has 1 amide bonds. The van der Waals surface area contributed by atoms with Gasteiger partial charge >= 0.3 is 0 Å². The fourth-order valence-corrected chi connectivity index (χ4v) is 2.45. The molecular formula is C20H17ClN2O3. The number of nitrogens with zero attached hydrogens (tertiary/aromatic N) is 1. The third kappa shape index (κ3) is 4.74. The van der Waals surface area contributed by atoms with Crippen molar-refractivity contribution in [3.8, 4) is 17.4 Å². The topological polar surface area (TPSA) is 60.5 Å². The lowest BCUT2D eigenvalue weighted by molar-refractivity contribution is -0.115. The van der Waals surface area contributed by atoms with E-state index in [1.165, 1.54) is 0 Å². The monoisotopic (exact) mass is 368 g/mol. The first-order valence-corrected chi connectivity index (χ1v) is 8.33. The molecule has 0 atom stereocenters. The summed E-state index contributed by atoms with van der Waals surface area (Å²) in [7, 11) is 1.58. The number of hydrogen-bond donors (Lipinski definition) is 1. The van der Waals surface area contributed by atoms with Crippen LogP contribution in [0.5, 0.6) is 17.4 Å². The number of carbonyl (C=O) groups is 1. The molecule has 3 rings (SSSR count). The third-order valence-corrected chi connectivity index (χ3v) is 3.83. The van der Waals surface area contributed by atoms with Crippen molar-refractivity contribution in [2.75, 3.05) is 12.4 Å². The number of methoxy groups -OCH3 is 1. The maximum absolute atomic E-state index is 12.1. The van der Waals surface area contributed by atoms with Gasteiger partial charge in [-0.25, -0.2) is 4.98 Å². The number of rotatable bonds is 6. The smallest absolute Gasteiger partial charge is 0.228 e. The van der Waals surface area contributed by atoms with E-state index in [2.05, 4.69) is 10.3 Å². The summed E-state index contributed by atoms with van der Waals surface area (Å²) in [6, 6.07) is 17.9. The molecule has 1 heterocycles. The van der Waals surface area contributed by atoms with Gasteiger partial charge in [-0.2, -0.15) is 0 Å². The van der Waals surface area contributed by atoms with Crippen LogP contribution in [-0.4, -0.2) is 18.0 Å². The Hall–Kier alpha value is -3.05. The van der Waals surface area contributed by atoms with E-state index in [1.54, 1.807) is 49.7 Å². The maximum Gasteiger partial charge on any atom is 0.228 e. The first kappa shape index (κ1) is 17.8. The normalized spacial score (nSPS) is 10.2. The number of ether oxygens (including phenoxy) is 2. The zero-order chi connectivity index (χ0) is 18.4. The fourth-order valence-electron chi connectivity index (χ4n) is 2.32. The summed E-state index contributed by atoms with van der Waals surface area (Å²) < 4.78 is 10.9. The van der Waals surface area contributed by atoms with E-state index < -0.39 is 0 Å². The van der Waals surface area contributed by atoms with Gasteiger partial charge in [0.05, 0.1) is 25.4 Å². The van der Waals surface area contributed by atoms with Crippen molar-refractivity contribution in [2.45, 2.75) is 6.42 Å². The van der Waals surface area contributed by atoms with Gasteiger partial charge in [-0.15, -0.1) is 0 Å². The van der Waals surface area contributed by atoms with Gasteiger partial charge in [0.15, 0.2) is 11.5 Å². The minimum absolute atomic E-state index is 0.132. The average Bonchev–Trinajstić information content (AvgIpc) is 2.65. The highest BCUT2D eigenvalue weighted by atomic mass is 35.5. The molecule has 0 spiro atoms. The summed E-state index contributed by atoms with van der Waals surface area (Å²) in [4.78, 5) is 16.3. The second kappa shape index (κ2) is 8.36. The number of para-hydroxylation sites is 2. The van der Waals surface area contributed by atoms with E-state index in [0.717, 1.165) is 5.56 Å². The lowest BCUT2D eigenvalue weighted by Crippen LogP contribution is -2.14. The highest BCUT2D eigenvalue weighted by Crippen LogP contribution is 2.30. The van der Waals surface area contributed by atoms with Crippen LogP contribution in [-0.2, 0) is 11.2 Å². The first-order chi connectivity index (χ1) is 12.6. The summed E-state index contributed by atoms with van der Waals surface area (Å²) >= 11 is 5.84. The van der Waals surface area contributed by atoms with Crippen molar-refractivity contribution in [2.24, 2.45) is 0 Å². The molecule has 0 bridgehead atoms. The van der Waals surface area contributed by atoms with Crippen molar-refractivity contribution in [3.05, 3.63) is 77.4 Å². The van der Waals surface area contributed by atoms with E-state index in [1.807, 2.05) is 24.3 Å². The number of hydrogen-bond acceptors (Lipinski definition) is 4. The second-order valence-electron chi connectivity index (χ2n) is 5.49. The van der Waals surface area contributed by atoms with Crippen molar-refractivity contribution < 1.29 is 14.3 Å². The molecule has 1 N–H and O–H groups in total. The molecule has 26 heavy (non-hydrogen) atoms. The molecule has 0 aliphatic carbocycles. The van der Waals surface area contributed by atoms with Gasteiger partial charge in [0.2, 0.25) is 11.8 Å². The number of aromatic nitrogens is 1. The zero-order valence-corrected chi connectivity index (χ0v) is 14.9. The Morgan fingerprint density at radius 3 is 2.42 bits per heavy atom. The Labute approximate surface area is 156 Å². The minimum Gasteiger partial charge on any atom is -0.493 e. The standard InChI is InChI=1S/C20H17ClN2O3/c1-25-17-4-2-3-5-18(17)26-20-11-10-16(13-22-20)23-19(24)12-14-6-8-15(21)9-7-14/h2-11,13H,12H2,1H3,(H,23,24). The van der Waals surface area contributed by atoms with Crippen LogP contribution in [0.25, 0.3) is 0 Å². The molecule has 5 nitrogen and oxygen atoms in total. The summed E-state index contributed by atoms with van der Waals surface area (Å²) in [5.41, 5.74) is 1.48. The predicted octanol–water partition coefficient (Wildman–Crippen LogP) is 4.72. The van der Waals surface area contributed by atoms with Crippen LogP contribution in [0.4, 0.5) is 5.69 Å². The Morgan fingerprint density at radius 1 is 1.04 bits per heavy atom. The van der Waals surface area contributed by atoms with Crippen LogP contribution in [0.3, 0.4) is 0 Å². The molecule has 132 valence electrons. The molecule has 1 aromatic heterocycles. The van der Waals surface area contributed by atoms with E-state index in [-0.39, 0.29) is 12.3 Å². The Bertz CT molecular complexity index is 880. The van der Waals surface area contributed by atoms with Crippen LogP contribution in [0.15, 0.2) is 66.9 Å². The summed E-state index contributed by atoms with van der Waals surface area (Å²) in [6.07, 6.45) is 1.81. The van der Waals surface area contributed by atoms with Gasteiger partial charge < -0.3 is 14.8 Å². The molecule has 0 fully saturated rings. The SMILES string of the molecule is COc1ccccc1Oc1ccc(NC(=O)Cc2ccc(Cl)cc2)cn1. The molecule has 0 unspecified atom stereocenters. The summed E-state index contributed by atoms with van der Waals surface area (Å²) in [5.74, 6) is 1.47. The molecule has 3 aromatic rings. The van der Waals surface area contributed by atoms with Crippen molar-refractivity contribution in [1.29, 1.82) is 0 Å². The van der Waals surface area contributed by atoms with Crippen molar-refractivity contribution in [3.63, 3.8) is 0 Å². The summed E-state index contributed by atoms with van der Waals surface area (Å²) in [6.45, 7) is 0. The van der Waals surface area contributed by atoms with Crippen LogP contribution in [0, 0.1) is 0 Å². The first-order valence-electron chi connectivity index (χ1n) is 7.95. The molecule has 0 aliphatic heterocycles. The molecule has 0 aliphatic rings. The van der Waals surface area contributed by atoms with Crippen molar-refractivity contribution >= 4 is 23.2 Å². The van der Waals surface area contributed by atoms with Gasteiger partial charge in [-0.05, 0) is 35.9 Å². The van der Waals surface area contributed by atoms with Gasteiger partial charge in [0.25, 0.3) is 0 Å². The lowest BCUT2D eigenvalue weighted by atomic mass is 10.1. The Morgan fingerprint density at radius 2 is 1.77 bits per heavy atom. The van der Waals surface area contributed by atoms with Gasteiger partial charge in [0, 0.05) is 11.1 Å². The minimum atomic E-state index is -0.132. The van der Waals surface area contributed by atoms with Gasteiger partial charge in [-0.1, -0.05) is 35.9 Å². The van der Waals surface area contributed by atoms with Crippen LogP contribution < -0.4 is 14.8 Å². The Balaban J connectivity index is 1.60. The van der Waals surface area contributed by atoms with Crippen molar-refractivity contribution in [1.82, 2.24) is 4.98 Å². The van der Waals surface area contributed by atoms with E-state index in [0.29, 0.717) is 28.1 Å². The number of halogens is 1. The molecule has 2 aromatic carbocycles. The van der Waals surface area contributed by atoms with Crippen LogP contribution >= 0.6 is 11.6 Å².